The molecule has 1 aliphatic rings. The Morgan fingerprint density at radius 2 is 2.00 bits per heavy atom. The van der Waals surface area contributed by atoms with Gasteiger partial charge in [-0.1, -0.05) is 32.9 Å². The summed E-state index contributed by atoms with van der Waals surface area (Å²) in [4.78, 5) is 12.6. The number of benzene rings is 1. The number of carbonyl (C=O) groups is 1. The topological polar surface area (TPSA) is 59.8 Å². The van der Waals surface area contributed by atoms with Crippen molar-refractivity contribution in [2.75, 3.05) is 0 Å². The molecule has 5 nitrogen and oxygen atoms in total. The number of carbonyl (C=O) groups excluding carboxylic acids is 1. The molecule has 1 unspecified atom stereocenters. The van der Waals surface area contributed by atoms with Gasteiger partial charge in [-0.05, 0) is 24.1 Å². The van der Waals surface area contributed by atoms with Crippen LogP contribution in [0.2, 0.25) is 0 Å². The van der Waals surface area contributed by atoms with E-state index in [1.54, 1.807) is 12.1 Å². The second kappa shape index (κ2) is 5.76. The van der Waals surface area contributed by atoms with Crippen LogP contribution in [0.25, 0.3) is 0 Å². The highest BCUT2D eigenvalue weighted by molar-refractivity contribution is 5.80. The molecule has 0 saturated heterocycles. The summed E-state index contributed by atoms with van der Waals surface area (Å²) >= 11 is 0. The van der Waals surface area contributed by atoms with E-state index >= 15 is 0 Å². The highest BCUT2D eigenvalue weighted by Crippen LogP contribution is 2.31. The molecule has 23 heavy (non-hydrogen) atoms. The van der Waals surface area contributed by atoms with Gasteiger partial charge in [-0.25, -0.2) is 4.39 Å². The van der Waals surface area contributed by atoms with E-state index in [2.05, 4.69) is 36.3 Å². The first kappa shape index (κ1) is 15.6. The molecule has 0 saturated carbocycles. The Morgan fingerprint density at radius 1 is 1.30 bits per heavy atom. The van der Waals surface area contributed by atoms with Crippen LogP contribution in [-0.4, -0.2) is 20.7 Å². The largest absolute Gasteiger partial charge is 0.350 e. The number of amides is 1. The molecule has 0 radical (unpaired) electrons. The smallest absolute Gasteiger partial charge is 0.243 e. The van der Waals surface area contributed by atoms with Crippen LogP contribution in [0.4, 0.5) is 4.39 Å². The molecule has 6 heteroatoms. The van der Waals surface area contributed by atoms with Gasteiger partial charge in [0.05, 0.1) is 0 Å². The van der Waals surface area contributed by atoms with Gasteiger partial charge >= 0.3 is 0 Å². The number of nitrogens with zero attached hydrogens (tertiary/aromatic N) is 3. The fourth-order valence-corrected chi connectivity index (χ4v) is 2.89. The van der Waals surface area contributed by atoms with Crippen molar-refractivity contribution in [2.45, 2.75) is 51.6 Å². The van der Waals surface area contributed by atoms with Crippen molar-refractivity contribution in [1.82, 2.24) is 20.1 Å². The van der Waals surface area contributed by atoms with Gasteiger partial charge < -0.3 is 9.88 Å². The normalized spacial score (nSPS) is 17.1. The lowest BCUT2D eigenvalue weighted by molar-refractivity contribution is -0.124. The molecule has 1 aromatic heterocycles. The summed E-state index contributed by atoms with van der Waals surface area (Å²) < 4.78 is 14.9. The van der Waals surface area contributed by atoms with E-state index in [-0.39, 0.29) is 23.2 Å². The van der Waals surface area contributed by atoms with Gasteiger partial charge in [0, 0.05) is 18.4 Å². The second-order valence-corrected chi connectivity index (χ2v) is 6.96. The predicted octanol–water partition coefficient (Wildman–Crippen LogP) is 2.52. The van der Waals surface area contributed by atoms with Crippen molar-refractivity contribution in [3.8, 4) is 0 Å². The van der Waals surface area contributed by atoms with Crippen molar-refractivity contribution in [2.24, 2.45) is 0 Å². The van der Waals surface area contributed by atoms with E-state index in [1.165, 1.54) is 12.1 Å². The van der Waals surface area contributed by atoms with Gasteiger partial charge in [0.2, 0.25) is 5.91 Å². The molecular formula is C17H21FN4O. The molecule has 3 rings (SSSR count). The molecule has 0 fully saturated rings. The van der Waals surface area contributed by atoms with E-state index in [0.717, 1.165) is 30.1 Å². The summed E-state index contributed by atoms with van der Waals surface area (Å²) in [6.07, 6.45) is 1.50. The molecular weight excluding hydrogens is 295 g/mol. The zero-order valence-electron chi connectivity index (χ0n) is 13.6. The molecule has 122 valence electrons. The summed E-state index contributed by atoms with van der Waals surface area (Å²) in [7, 11) is 0. The zero-order valence-corrected chi connectivity index (χ0v) is 13.6. The second-order valence-electron chi connectivity index (χ2n) is 6.96. The quantitative estimate of drug-likeness (QED) is 0.946. The number of aromatic nitrogens is 3. The Morgan fingerprint density at radius 3 is 2.65 bits per heavy atom. The SMILES string of the molecule is CC(C)(C)c1nnc2n1C(C(=O)NCc1ccc(F)cc1)CC2. The highest BCUT2D eigenvalue weighted by Gasteiger charge is 2.35. The Kier molecular flexibility index (Phi) is 3.92. The number of nitrogens with one attached hydrogen (secondary N) is 1. The van der Waals surface area contributed by atoms with E-state index < -0.39 is 0 Å². The van der Waals surface area contributed by atoms with Crippen molar-refractivity contribution < 1.29 is 9.18 Å². The summed E-state index contributed by atoms with van der Waals surface area (Å²) in [5.41, 5.74) is 0.711. The minimum Gasteiger partial charge on any atom is -0.350 e. The van der Waals surface area contributed by atoms with Gasteiger partial charge in [0.1, 0.15) is 23.5 Å². The van der Waals surface area contributed by atoms with Crippen LogP contribution in [-0.2, 0) is 23.2 Å². The summed E-state index contributed by atoms with van der Waals surface area (Å²) in [6.45, 7) is 6.58. The molecule has 0 bridgehead atoms. The molecule has 1 aliphatic heterocycles. The number of hydrogen-bond acceptors (Lipinski definition) is 3. The van der Waals surface area contributed by atoms with Crippen molar-refractivity contribution in [3.63, 3.8) is 0 Å². The molecule has 1 amide bonds. The zero-order chi connectivity index (χ0) is 16.6. The summed E-state index contributed by atoms with van der Waals surface area (Å²) in [5, 5.41) is 11.4. The van der Waals surface area contributed by atoms with Gasteiger partial charge in [-0.2, -0.15) is 0 Å². The Balaban J connectivity index is 1.73. The number of rotatable bonds is 3. The molecule has 0 aliphatic carbocycles. The first-order valence-corrected chi connectivity index (χ1v) is 7.82. The molecule has 1 aromatic carbocycles. The maximum Gasteiger partial charge on any atom is 0.243 e. The van der Waals surface area contributed by atoms with Crippen LogP contribution in [0.5, 0.6) is 0 Å². The summed E-state index contributed by atoms with van der Waals surface area (Å²) in [5.74, 6) is 1.39. The van der Waals surface area contributed by atoms with Crippen LogP contribution in [0.1, 0.15) is 50.4 Å². The molecule has 0 spiro atoms. The van der Waals surface area contributed by atoms with Crippen LogP contribution >= 0.6 is 0 Å². The Bertz CT molecular complexity index is 715. The number of fused-ring (bicyclic) bond motifs is 1. The minimum atomic E-state index is -0.278. The number of aryl methyl sites for hydroxylation is 1. The molecule has 1 atom stereocenters. The number of halogens is 1. The third-order valence-electron chi connectivity index (χ3n) is 4.07. The lowest BCUT2D eigenvalue weighted by Gasteiger charge is -2.22. The molecule has 2 aromatic rings. The van der Waals surface area contributed by atoms with Crippen LogP contribution in [0.15, 0.2) is 24.3 Å². The maximum absolute atomic E-state index is 12.9. The number of hydrogen-bond donors (Lipinski definition) is 1. The van der Waals surface area contributed by atoms with E-state index in [4.69, 9.17) is 0 Å². The van der Waals surface area contributed by atoms with Crippen LogP contribution in [0, 0.1) is 5.82 Å². The minimum absolute atomic E-state index is 0.0432. The summed E-state index contributed by atoms with van der Waals surface area (Å²) in [6, 6.07) is 5.87. The monoisotopic (exact) mass is 316 g/mol. The van der Waals surface area contributed by atoms with E-state index in [1.807, 2.05) is 4.57 Å². The Labute approximate surface area is 134 Å². The fraction of sp³-hybridized carbons (Fsp3) is 0.471. The fourth-order valence-electron chi connectivity index (χ4n) is 2.89. The van der Waals surface area contributed by atoms with Gasteiger partial charge in [0.25, 0.3) is 0 Å². The van der Waals surface area contributed by atoms with E-state index in [0.29, 0.717) is 6.54 Å². The lowest BCUT2D eigenvalue weighted by atomic mass is 9.95. The maximum atomic E-state index is 12.9. The Hall–Kier alpha value is -2.24. The first-order chi connectivity index (χ1) is 10.9. The third kappa shape index (κ3) is 3.11. The van der Waals surface area contributed by atoms with Crippen molar-refractivity contribution in [3.05, 3.63) is 47.3 Å². The van der Waals surface area contributed by atoms with Gasteiger partial charge in [-0.3, -0.25) is 4.79 Å². The standard InChI is InChI=1S/C17H21FN4O/c1-17(2,3)16-21-20-14-9-8-13(22(14)16)15(23)19-10-11-4-6-12(18)7-5-11/h4-7,13H,8-10H2,1-3H3,(H,19,23). The van der Waals surface area contributed by atoms with Crippen LogP contribution in [0.3, 0.4) is 0 Å². The third-order valence-corrected chi connectivity index (χ3v) is 4.07. The van der Waals surface area contributed by atoms with E-state index in [9.17, 15) is 9.18 Å². The predicted molar refractivity (Wildman–Crippen MR) is 84.3 cm³/mol. The first-order valence-electron chi connectivity index (χ1n) is 7.82. The molecule has 1 N–H and O–H groups in total. The van der Waals surface area contributed by atoms with Crippen molar-refractivity contribution >= 4 is 5.91 Å². The van der Waals surface area contributed by atoms with Gasteiger partial charge in [-0.15, -0.1) is 10.2 Å². The highest BCUT2D eigenvalue weighted by atomic mass is 19.1. The average molecular weight is 316 g/mol. The molecule has 2 heterocycles. The van der Waals surface area contributed by atoms with Gasteiger partial charge in [0.15, 0.2) is 0 Å². The lowest BCUT2D eigenvalue weighted by Crippen LogP contribution is -2.33. The van der Waals surface area contributed by atoms with Crippen molar-refractivity contribution in [1.29, 1.82) is 0 Å². The average Bonchev–Trinajstić information content (AvgIpc) is 3.06. The van der Waals surface area contributed by atoms with Crippen LogP contribution < -0.4 is 5.32 Å².